The number of unbranched alkanes of at least 4 members (excludes halogenated alkanes) is 20. The van der Waals surface area contributed by atoms with Crippen LogP contribution in [0.1, 0.15) is 181 Å². The van der Waals surface area contributed by atoms with E-state index in [0.29, 0.717) is 12.8 Å². The molecule has 1 aliphatic rings. The second-order valence-corrected chi connectivity index (χ2v) is 14.8. The molecule has 300 valence electrons. The van der Waals surface area contributed by atoms with Crippen molar-refractivity contribution in [1.82, 2.24) is 5.32 Å². The van der Waals surface area contributed by atoms with E-state index in [4.69, 9.17) is 9.47 Å². The summed E-state index contributed by atoms with van der Waals surface area (Å²) in [6.07, 6.45) is 30.6. The van der Waals surface area contributed by atoms with Crippen molar-refractivity contribution in [2.45, 2.75) is 224 Å². The molecule has 1 fully saturated rings. The standard InChI is InChI=1S/C42H79NO8/c1-3-5-7-9-11-12-13-14-15-16-17-18-19-20-21-22-23-24-26-28-30-32-38(46)43-35(36(45)31-29-27-25-10-8-6-4-2)34-50-42-41(49)40(48)39(47)37(33-44)51-42/h13-14,16-17,35-37,39-42,44-45,47-49H,3-12,15,18-34H2,1-2H3,(H,43,46)/b14-13-,17-16-. The topological polar surface area (TPSA) is 149 Å². The Hall–Kier alpha value is -1.33. The average Bonchev–Trinajstić information content (AvgIpc) is 3.13. The fraction of sp³-hybridized carbons (Fsp3) is 0.881. The van der Waals surface area contributed by atoms with E-state index in [9.17, 15) is 30.3 Å². The number of ether oxygens (including phenoxy) is 2. The molecular weight excluding hydrogens is 646 g/mol. The summed E-state index contributed by atoms with van der Waals surface area (Å²) in [5.41, 5.74) is 0. The summed E-state index contributed by atoms with van der Waals surface area (Å²) >= 11 is 0. The highest BCUT2D eigenvalue weighted by Gasteiger charge is 2.44. The minimum Gasteiger partial charge on any atom is -0.394 e. The van der Waals surface area contributed by atoms with Gasteiger partial charge in [-0.1, -0.05) is 154 Å². The second kappa shape index (κ2) is 33.3. The van der Waals surface area contributed by atoms with E-state index in [1.165, 1.54) is 109 Å². The highest BCUT2D eigenvalue weighted by Crippen LogP contribution is 2.23. The van der Waals surface area contributed by atoms with Crippen LogP contribution in [0.15, 0.2) is 24.3 Å². The Bertz CT molecular complexity index is 853. The normalized spacial score (nSPS) is 22.2. The quantitative estimate of drug-likeness (QED) is 0.0289. The van der Waals surface area contributed by atoms with Gasteiger partial charge in [0.1, 0.15) is 24.4 Å². The van der Waals surface area contributed by atoms with Crippen LogP contribution in [0.4, 0.5) is 0 Å². The zero-order valence-corrected chi connectivity index (χ0v) is 32.6. The van der Waals surface area contributed by atoms with E-state index < -0.39 is 49.5 Å². The van der Waals surface area contributed by atoms with E-state index in [1.54, 1.807) is 0 Å². The van der Waals surface area contributed by atoms with Gasteiger partial charge >= 0.3 is 0 Å². The van der Waals surface area contributed by atoms with Crippen molar-refractivity contribution < 1.29 is 39.8 Å². The molecule has 0 saturated carbocycles. The maximum absolute atomic E-state index is 12.9. The van der Waals surface area contributed by atoms with Crippen LogP contribution >= 0.6 is 0 Å². The van der Waals surface area contributed by atoms with Gasteiger partial charge in [-0.05, 0) is 44.9 Å². The summed E-state index contributed by atoms with van der Waals surface area (Å²) < 4.78 is 11.2. The Labute approximate surface area is 311 Å². The second-order valence-electron chi connectivity index (χ2n) is 14.8. The summed E-state index contributed by atoms with van der Waals surface area (Å²) in [4.78, 5) is 12.9. The molecule has 1 amide bonds. The van der Waals surface area contributed by atoms with Gasteiger partial charge in [0, 0.05) is 6.42 Å². The van der Waals surface area contributed by atoms with Crippen molar-refractivity contribution in [3.05, 3.63) is 24.3 Å². The third kappa shape index (κ3) is 24.6. The molecule has 0 bridgehead atoms. The third-order valence-electron chi connectivity index (χ3n) is 10.1. The predicted octanol–water partition coefficient (Wildman–Crippen LogP) is 7.94. The summed E-state index contributed by atoms with van der Waals surface area (Å²) in [5, 5.41) is 53.9. The molecule has 9 nitrogen and oxygen atoms in total. The minimum atomic E-state index is -1.55. The monoisotopic (exact) mass is 726 g/mol. The van der Waals surface area contributed by atoms with Gasteiger partial charge < -0.3 is 40.3 Å². The Morgan fingerprint density at radius 2 is 1.16 bits per heavy atom. The van der Waals surface area contributed by atoms with Crippen LogP contribution in [-0.4, -0.2) is 87.5 Å². The van der Waals surface area contributed by atoms with Crippen molar-refractivity contribution >= 4 is 5.91 Å². The number of carbonyl (C=O) groups is 1. The van der Waals surface area contributed by atoms with E-state index in [-0.39, 0.29) is 12.5 Å². The lowest BCUT2D eigenvalue weighted by Gasteiger charge is -2.40. The van der Waals surface area contributed by atoms with Crippen LogP contribution in [-0.2, 0) is 14.3 Å². The molecule has 1 rings (SSSR count). The molecule has 9 heteroatoms. The van der Waals surface area contributed by atoms with E-state index in [2.05, 4.69) is 43.5 Å². The summed E-state index contributed by atoms with van der Waals surface area (Å²) in [5.74, 6) is -0.154. The maximum atomic E-state index is 12.9. The lowest BCUT2D eigenvalue weighted by Crippen LogP contribution is -2.60. The Kier molecular flexibility index (Phi) is 31.1. The summed E-state index contributed by atoms with van der Waals surface area (Å²) in [6, 6.07) is -0.716. The highest BCUT2D eigenvalue weighted by atomic mass is 16.7. The number of amides is 1. The van der Waals surface area contributed by atoms with Crippen LogP contribution in [0.25, 0.3) is 0 Å². The SMILES string of the molecule is CCCCCCC/C=C\C/C=C\CCCCCCCCCCCC(=O)NC(COC1OC(CO)C(O)C(O)C1O)C(O)CCCCCCCCC. The van der Waals surface area contributed by atoms with E-state index >= 15 is 0 Å². The van der Waals surface area contributed by atoms with Gasteiger partial charge in [-0.3, -0.25) is 4.79 Å². The van der Waals surface area contributed by atoms with Gasteiger partial charge in [0.15, 0.2) is 6.29 Å². The number of aliphatic hydroxyl groups excluding tert-OH is 5. The Balaban J connectivity index is 2.26. The molecule has 0 aromatic carbocycles. The molecule has 0 aromatic heterocycles. The number of allylic oxidation sites excluding steroid dienone is 4. The largest absolute Gasteiger partial charge is 0.394 e. The van der Waals surface area contributed by atoms with Crippen molar-refractivity contribution in [3.63, 3.8) is 0 Å². The number of rotatable bonds is 34. The van der Waals surface area contributed by atoms with Crippen LogP contribution < -0.4 is 5.32 Å². The molecule has 1 aliphatic heterocycles. The van der Waals surface area contributed by atoms with Gasteiger partial charge in [-0.15, -0.1) is 0 Å². The number of hydrogen-bond acceptors (Lipinski definition) is 8. The van der Waals surface area contributed by atoms with Crippen LogP contribution in [0.3, 0.4) is 0 Å². The molecule has 0 aromatic rings. The molecule has 1 heterocycles. The molecular formula is C42H79NO8. The first-order valence-corrected chi connectivity index (χ1v) is 21.0. The van der Waals surface area contributed by atoms with Crippen molar-refractivity contribution in [3.8, 4) is 0 Å². The first kappa shape index (κ1) is 47.7. The maximum Gasteiger partial charge on any atom is 0.220 e. The molecule has 1 saturated heterocycles. The molecule has 0 spiro atoms. The van der Waals surface area contributed by atoms with Crippen molar-refractivity contribution in [1.29, 1.82) is 0 Å². The molecule has 7 unspecified atom stereocenters. The van der Waals surface area contributed by atoms with Crippen LogP contribution in [0, 0.1) is 0 Å². The number of carbonyl (C=O) groups excluding carboxylic acids is 1. The number of hydrogen-bond donors (Lipinski definition) is 6. The average molecular weight is 726 g/mol. The lowest BCUT2D eigenvalue weighted by molar-refractivity contribution is -0.302. The van der Waals surface area contributed by atoms with E-state index in [0.717, 1.165) is 44.9 Å². The fourth-order valence-corrected chi connectivity index (χ4v) is 6.60. The summed E-state index contributed by atoms with van der Waals surface area (Å²) in [7, 11) is 0. The first-order chi connectivity index (χ1) is 24.8. The smallest absolute Gasteiger partial charge is 0.220 e. The number of aliphatic hydroxyl groups is 5. The van der Waals surface area contributed by atoms with Gasteiger partial charge in [0.2, 0.25) is 5.91 Å². The van der Waals surface area contributed by atoms with Crippen molar-refractivity contribution in [2.24, 2.45) is 0 Å². The molecule has 0 radical (unpaired) electrons. The first-order valence-electron chi connectivity index (χ1n) is 21.0. The fourth-order valence-electron chi connectivity index (χ4n) is 6.60. The predicted molar refractivity (Wildman–Crippen MR) is 207 cm³/mol. The number of nitrogens with one attached hydrogen (secondary N) is 1. The van der Waals surface area contributed by atoms with Gasteiger partial charge in [-0.2, -0.15) is 0 Å². The highest BCUT2D eigenvalue weighted by molar-refractivity contribution is 5.76. The molecule has 7 atom stereocenters. The Morgan fingerprint density at radius 3 is 1.69 bits per heavy atom. The van der Waals surface area contributed by atoms with Crippen LogP contribution in [0.2, 0.25) is 0 Å². The molecule has 0 aliphatic carbocycles. The Morgan fingerprint density at radius 1 is 0.667 bits per heavy atom. The zero-order valence-electron chi connectivity index (χ0n) is 32.6. The van der Waals surface area contributed by atoms with E-state index in [1.807, 2.05) is 0 Å². The summed E-state index contributed by atoms with van der Waals surface area (Å²) in [6.45, 7) is 3.76. The molecule has 51 heavy (non-hydrogen) atoms. The zero-order chi connectivity index (χ0) is 37.4. The third-order valence-corrected chi connectivity index (χ3v) is 10.1. The van der Waals surface area contributed by atoms with Gasteiger partial charge in [0.05, 0.1) is 25.4 Å². The minimum absolute atomic E-state index is 0.140. The van der Waals surface area contributed by atoms with Crippen LogP contribution in [0.5, 0.6) is 0 Å². The van der Waals surface area contributed by atoms with Gasteiger partial charge in [0.25, 0.3) is 0 Å². The molecule has 6 N–H and O–H groups in total. The lowest BCUT2D eigenvalue weighted by atomic mass is 9.99. The van der Waals surface area contributed by atoms with Crippen molar-refractivity contribution in [2.75, 3.05) is 13.2 Å². The van der Waals surface area contributed by atoms with Gasteiger partial charge in [-0.25, -0.2) is 0 Å².